The lowest BCUT2D eigenvalue weighted by Gasteiger charge is -2.24. The van der Waals surface area contributed by atoms with Gasteiger partial charge in [0.1, 0.15) is 0 Å². The number of hydrogen-bond donors (Lipinski definition) is 1. The van der Waals surface area contributed by atoms with E-state index >= 15 is 0 Å². The Morgan fingerprint density at radius 3 is 2.73 bits per heavy atom. The van der Waals surface area contributed by atoms with Crippen molar-refractivity contribution >= 4 is 16.5 Å². The Bertz CT molecular complexity index is 385. The van der Waals surface area contributed by atoms with E-state index < -0.39 is 10.8 Å². The average molecular weight is 223 g/mol. The van der Waals surface area contributed by atoms with E-state index in [9.17, 15) is 4.21 Å². The normalized spacial score (nSPS) is 18.5. The molecule has 2 nitrogen and oxygen atoms in total. The predicted molar refractivity (Wildman–Crippen MR) is 64.2 cm³/mol. The first-order valence-electron chi connectivity index (χ1n) is 5.41. The SMILES string of the molecule is Cc1ccc(S(=O)CC2CCC2)c(N)c1. The van der Waals surface area contributed by atoms with Crippen LogP contribution in [-0.2, 0) is 10.8 Å². The van der Waals surface area contributed by atoms with Crippen LogP contribution in [0.2, 0.25) is 0 Å². The van der Waals surface area contributed by atoms with Gasteiger partial charge in [-0.1, -0.05) is 12.5 Å². The molecule has 0 radical (unpaired) electrons. The van der Waals surface area contributed by atoms with Crippen molar-refractivity contribution in [1.82, 2.24) is 0 Å². The molecule has 82 valence electrons. The highest BCUT2D eigenvalue weighted by molar-refractivity contribution is 7.85. The molecule has 1 aliphatic carbocycles. The van der Waals surface area contributed by atoms with Gasteiger partial charge in [-0.15, -0.1) is 0 Å². The summed E-state index contributed by atoms with van der Waals surface area (Å²) in [7, 11) is -0.907. The number of anilines is 1. The van der Waals surface area contributed by atoms with Crippen LogP contribution in [0.25, 0.3) is 0 Å². The van der Waals surface area contributed by atoms with Crippen molar-refractivity contribution in [2.24, 2.45) is 5.92 Å². The van der Waals surface area contributed by atoms with Crippen LogP contribution in [-0.4, -0.2) is 9.96 Å². The van der Waals surface area contributed by atoms with Crippen molar-refractivity contribution in [3.63, 3.8) is 0 Å². The summed E-state index contributed by atoms with van der Waals surface area (Å²) in [5.74, 6) is 1.44. The fourth-order valence-corrected chi connectivity index (χ4v) is 3.32. The molecule has 0 bridgehead atoms. The second kappa shape index (κ2) is 4.35. The predicted octanol–water partition coefficient (Wildman–Crippen LogP) is 2.48. The van der Waals surface area contributed by atoms with E-state index in [2.05, 4.69) is 0 Å². The summed E-state index contributed by atoms with van der Waals surface area (Å²) in [4.78, 5) is 0.813. The van der Waals surface area contributed by atoms with Crippen LogP contribution in [0.15, 0.2) is 23.1 Å². The molecular formula is C12H17NOS. The number of nitrogens with two attached hydrogens (primary N) is 1. The Kier molecular flexibility index (Phi) is 3.10. The fourth-order valence-electron chi connectivity index (χ4n) is 1.84. The first kappa shape index (κ1) is 10.7. The third-order valence-electron chi connectivity index (χ3n) is 3.02. The lowest BCUT2D eigenvalue weighted by Crippen LogP contribution is -2.19. The van der Waals surface area contributed by atoms with Gasteiger partial charge < -0.3 is 5.73 Å². The molecule has 3 heteroatoms. The van der Waals surface area contributed by atoms with Crippen molar-refractivity contribution in [3.8, 4) is 0 Å². The van der Waals surface area contributed by atoms with Crippen molar-refractivity contribution in [2.75, 3.05) is 11.5 Å². The molecule has 0 amide bonds. The van der Waals surface area contributed by atoms with E-state index in [0.29, 0.717) is 11.6 Å². The van der Waals surface area contributed by atoms with E-state index in [0.717, 1.165) is 16.2 Å². The van der Waals surface area contributed by atoms with Gasteiger partial charge in [-0.25, -0.2) is 0 Å². The molecular weight excluding hydrogens is 206 g/mol. The van der Waals surface area contributed by atoms with E-state index in [1.54, 1.807) is 0 Å². The molecule has 2 rings (SSSR count). The van der Waals surface area contributed by atoms with Crippen LogP contribution in [0, 0.1) is 12.8 Å². The molecule has 1 saturated carbocycles. The molecule has 0 heterocycles. The second-order valence-corrected chi connectivity index (χ2v) is 5.81. The number of rotatable bonds is 3. The van der Waals surface area contributed by atoms with E-state index in [4.69, 9.17) is 5.73 Å². The maximum atomic E-state index is 12.0. The van der Waals surface area contributed by atoms with Gasteiger partial charge in [0.05, 0.1) is 15.7 Å². The molecule has 1 aromatic rings. The maximum Gasteiger partial charge on any atom is 0.0617 e. The topological polar surface area (TPSA) is 43.1 Å². The van der Waals surface area contributed by atoms with Crippen LogP contribution in [0.1, 0.15) is 24.8 Å². The van der Waals surface area contributed by atoms with Crippen LogP contribution >= 0.6 is 0 Å². The number of aryl methyl sites for hydroxylation is 1. The standard InChI is InChI=1S/C12H17NOS/c1-9-5-6-12(11(13)7-9)15(14)8-10-3-2-4-10/h5-7,10H,2-4,8,13H2,1H3. The molecule has 1 unspecified atom stereocenters. The minimum atomic E-state index is -0.907. The summed E-state index contributed by atoms with van der Waals surface area (Å²) < 4.78 is 12.0. The third kappa shape index (κ3) is 2.40. The van der Waals surface area contributed by atoms with Crippen molar-refractivity contribution < 1.29 is 4.21 Å². The molecule has 1 fully saturated rings. The summed E-state index contributed by atoms with van der Waals surface area (Å²) >= 11 is 0. The summed E-state index contributed by atoms with van der Waals surface area (Å²) in [5, 5.41) is 0. The lowest BCUT2D eigenvalue weighted by molar-refractivity contribution is 0.350. The van der Waals surface area contributed by atoms with Gasteiger partial charge in [-0.3, -0.25) is 4.21 Å². The monoisotopic (exact) mass is 223 g/mol. The highest BCUT2D eigenvalue weighted by atomic mass is 32.2. The van der Waals surface area contributed by atoms with E-state index in [1.165, 1.54) is 19.3 Å². The number of nitrogen functional groups attached to an aromatic ring is 1. The molecule has 1 atom stereocenters. The molecule has 1 aromatic carbocycles. The highest BCUT2D eigenvalue weighted by Crippen LogP contribution is 2.29. The van der Waals surface area contributed by atoms with E-state index in [-0.39, 0.29) is 0 Å². The minimum Gasteiger partial charge on any atom is -0.398 e. The Morgan fingerprint density at radius 1 is 1.47 bits per heavy atom. The number of benzene rings is 1. The second-order valence-electron chi connectivity index (χ2n) is 4.35. The van der Waals surface area contributed by atoms with Crippen LogP contribution < -0.4 is 5.73 Å². The van der Waals surface area contributed by atoms with Crippen LogP contribution in [0.4, 0.5) is 5.69 Å². The quantitative estimate of drug-likeness (QED) is 0.800. The molecule has 0 aliphatic heterocycles. The summed E-state index contributed by atoms with van der Waals surface area (Å²) in [5.41, 5.74) is 7.66. The van der Waals surface area contributed by atoms with Crippen molar-refractivity contribution in [2.45, 2.75) is 31.1 Å². The lowest BCUT2D eigenvalue weighted by atomic mass is 9.87. The molecule has 2 N–H and O–H groups in total. The Morgan fingerprint density at radius 2 is 2.20 bits per heavy atom. The van der Waals surface area contributed by atoms with Gasteiger partial charge in [0.15, 0.2) is 0 Å². The van der Waals surface area contributed by atoms with Gasteiger partial charge in [0, 0.05) is 11.4 Å². The fraction of sp³-hybridized carbons (Fsp3) is 0.500. The maximum absolute atomic E-state index is 12.0. The zero-order valence-corrected chi connectivity index (χ0v) is 9.85. The largest absolute Gasteiger partial charge is 0.398 e. The number of hydrogen-bond acceptors (Lipinski definition) is 2. The van der Waals surface area contributed by atoms with Gasteiger partial charge >= 0.3 is 0 Å². The summed E-state index contributed by atoms with van der Waals surface area (Å²) in [6.45, 7) is 2.00. The third-order valence-corrected chi connectivity index (χ3v) is 4.66. The minimum absolute atomic E-state index is 0.659. The summed E-state index contributed by atoms with van der Waals surface area (Å²) in [6.07, 6.45) is 3.76. The van der Waals surface area contributed by atoms with Gasteiger partial charge in [-0.2, -0.15) is 0 Å². The van der Waals surface area contributed by atoms with Gasteiger partial charge in [-0.05, 0) is 43.4 Å². The first-order chi connectivity index (χ1) is 7.16. The molecule has 0 spiro atoms. The molecule has 0 saturated heterocycles. The van der Waals surface area contributed by atoms with Crippen molar-refractivity contribution in [1.29, 1.82) is 0 Å². The van der Waals surface area contributed by atoms with Gasteiger partial charge in [0.2, 0.25) is 0 Å². The zero-order valence-electron chi connectivity index (χ0n) is 9.03. The highest BCUT2D eigenvalue weighted by Gasteiger charge is 2.21. The van der Waals surface area contributed by atoms with Gasteiger partial charge in [0.25, 0.3) is 0 Å². The van der Waals surface area contributed by atoms with E-state index in [1.807, 2.05) is 25.1 Å². The van der Waals surface area contributed by atoms with Crippen molar-refractivity contribution in [3.05, 3.63) is 23.8 Å². The Hall–Kier alpha value is -0.830. The van der Waals surface area contributed by atoms with Crippen LogP contribution in [0.5, 0.6) is 0 Å². The zero-order chi connectivity index (χ0) is 10.8. The first-order valence-corrected chi connectivity index (χ1v) is 6.73. The smallest absolute Gasteiger partial charge is 0.0617 e. The Labute approximate surface area is 93.3 Å². The Balaban J connectivity index is 2.10. The van der Waals surface area contributed by atoms with Crippen LogP contribution in [0.3, 0.4) is 0 Å². The molecule has 0 aromatic heterocycles. The summed E-state index contributed by atoms with van der Waals surface area (Å²) in [6, 6.07) is 5.78. The molecule has 1 aliphatic rings. The average Bonchev–Trinajstić information content (AvgIpc) is 2.11. The molecule has 15 heavy (non-hydrogen) atoms.